The smallest absolute Gasteiger partial charge is 0.251 e. The minimum Gasteiger partial charge on any atom is -0.370 e. The minimum absolute atomic E-state index is 0.0362. The maximum absolute atomic E-state index is 12.6. The first-order valence-corrected chi connectivity index (χ1v) is 13.0. The molecule has 2 aromatic heterocycles. The topological polar surface area (TPSA) is 54.5 Å². The molecule has 6 heteroatoms. The number of aromatic nitrogens is 1. The lowest BCUT2D eigenvalue weighted by atomic mass is 9.76. The molecule has 1 N–H and O–H groups in total. The van der Waals surface area contributed by atoms with Gasteiger partial charge in [-0.15, -0.1) is 11.3 Å². The lowest BCUT2D eigenvalue weighted by Crippen LogP contribution is -2.54. The van der Waals surface area contributed by atoms with Crippen LogP contribution in [0.2, 0.25) is 0 Å². The lowest BCUT2D eigenvalue weighted by Gasteiger charge is -2.49. The Hall–Kier alpha value is -1.76. The van der Waals surface area contributed by atoms with Crippen LogP contribution in [0.3, 0.4) is 0 Å². The zero-order valence-electron chi connectivity index (χ0n) is 19.5. The molecule has 1 saturated carbocycles. The molecule has 1 spiro atoms. The van der Waals surface area contributed by atoms with Crippen molar-refractivity contribution in [2.24, 2.45) is 5.92 Å². The van der Waals surface area contributed by atoms with E-state index in [4.69, 9.17) is 4.74 Å². The quantitative estimate of drug-likeness (QED) is 0.726. The monoisotopic (exact) mass is 453 g/mol. The molecule has 3 aliphatic rings. The van der Waals surface area contributed by atoms with E-state index in [1.54, 1.807) is 17.3 Å². The van der Waals surface area contributed by atoms with Crippen LogP contribution in [0.1, 0.15) is 70.8 Å². The van der Waals surface area contributed by atoms with Gasteiger partial charge in [-0.05, 0) is 75.1 Å². The van der Waals surface area contributed by atoms with Gasteiger partial charge in [0.15, 0.2) is 0 Å². The summed E-state index contributed by atoms with van der Waals surface area (Å²) in [4.78, 5) is 22.4. The van der Waals surface area contributed by atoms with Crippen LogP contribution in [0.15, 0.2) is 24.5 Å². The standard InChI is InChI=1S/C26H35N3O2S/c1-4-21-13-23-24(32-21)6-10-31-26(23)7-9-29(18(3)14-26)16-19-11-20(12-19)28-25(30)22-5-8-27-15-17(22)2/h5,8,13,15,18-20H,4,6-7,9-12,14,16H2,1-3H3,(H,28,30)/t18-,19-,20+,26+/m0/s1. The van der Waals surface area contributed by atoms with Crippen LogP contribution in [-0.2, 0) is 23.2 Å². The van der Waals surface area contributed by atoms with Crippen molar-refractivity contribution in [1.82, 2.24) is 15.2 Å². The predicted molar refractivity (Wildman–Crippen MR) is 128 cm³/mol. The van der Waals surface area contributed by atoms with Crippen molar-refractivity contribution in [3.05, 3.63) is 51.0 Å². The van der Waals surface area contributed by atoms with Crippen molar-refractivity contribution in [3.8, 4) is 0 Å². The van der Waals surface area contributed by atoms with Gasteiger partial charge in [0.1, 0.15) is 0 Å². The average Bonchev–Trinajstić information content (AvgIpc) is 3.19. The third kappa shape index (κ3) is 4.13. The summed E-state index contributed by atoms with van der Waals surface area (Å²) < 4.78 is 6.50. The summed E-state index contributed by atoms with van der Waals surface area (Å²) in [5.41, 5.74) is 3.10. The number of ether oxygens (including phenoxy) is 1. The number of likely N-dealkylation sites (tertiary alicyclic amines) is 1. The van der Waals surface area contributed by atoms with Crippen molar-refractivity contribution in [1.29, 1.82) is 0 Å². The Balaban J connectivity index is 1.14. The van der Waals surface area contributed by atoms with Crippen molar-refractivity contribution in [3.63, 3.8) is 0 Å². The molecule has 5 rings (SSSR count). The van der Waals surface area contributed by atoms with Crippen molar-refractivity contribution in [2.45, 2.75) is 77.0 Å². The molecule has 2 fully saturated rings. The second kappa shape index (κ2) is 8.88. The van der Waals surface area contributed by atoms with E-state index in [2.05, 4.69) is 35.1 Å². The molecule has 0 bridgehead atoms. The summed E-state index contributed by atoms with van der Waals surface area (Å²) in [5.74, 6) is 0.708. The van der Waals surface area contributed by atoms with Crippen LogP contribution in [0.5, 0.6) is 0 Å². The molecule has 0 aromatic carbocycles. The second-order valence-corrected chi connectivity index (χ2v) is 11.2. The molecule has 32 heavy (non-hydrogen) atoms. The maximum atomic E-state index is 12.6. The number of amides is 1. The molecule has 1 aliphatic carbocycles. The largest absolute Gasteiger partial charge is 0.370 e. The van der Waals surface area contributed by atoms with Gasteiger partial charge >= 0.3 is 0 Å². The number of rotatable bonds is 5. The van der Waals surface area contributed by atoms with E-state index < -0.39 is 0 Å². The molecular formula is C26H35N3O2S. The Morgan fingerprint density at radius 1 is 1.41 bits per heavy atom. The zero-order valence-corrected chi connectivity index (χ0v) is 20.3. The van der Waals surface area contributed by atoms with Crippen molar-refractivity contribution >= 4 is 17.2 Å². The highest BCUT2D eigenvalue weighted by molar-refractivity contribution is 7.12. The number of nitrogens with zero attached hydrogens (tertiary/aromatic N) is 2. The molecule has 172 valence electrons. The predicted octanol–water partition coefficient (Wildman–Crippen LogP) is 4.47. The number of piperidine rings is 1. The normalized spacial score (nSPS) is 30.0. The van der Waals surface area contributed by atoms with Crippen molar-refractivity contribution in [2.75, 3.05) is 19.7 Å². The Labute approximate surface area is 195 Å². The van der Waals surface area contributed by atoms with Crippen LogP contribution >= 0.6 is 11.3 Å². The molecule has 0 unspecified atom stereocenters. The average molecular weight is 454 g/mol. The fourth-order valence-electron chi connectivity index (χ4n) is 5.87. The Kier molecular flexibility index (Phi) is 6.12. The first-order valence-electron chi connectivity index (χ1n) is 12.2. The number of carbonyl (C=O) groups excluding carboxylic acids is 1. The fraction of sp³-hybridized carbons (Fsp3) is 0.615. The van der Waals surface area contributed by atoms with Gasteiger partial charge in [0.05, 0.1) is 12.2 Å². The number of thiophene rings is 1. The van der Waals surface area contributed by atoms with E-state index in [9.17, 15) is 4.79 Å². The molecule has 2 aromatic rings. The van der Waals surface area contributed by atoms with Gasteiger partial charge in [-0.2, -0.15) is 0 Å². The number of hydrogen-bond donors (Lipinski definition) is 1. The number of aryl methyl sites for hydroxylation is 2. The van der Waals surface area contributed by atoms with Gasteiger partial charge in [-0.3, -0.25) is 9.78 Å². The van der Waals surface area contributed by atoms with Gasteiger partial charge < -0.3 is 15.0 Å². The van der Waals surface area contributed by atoms with Crippen LogP contribution in [-0.4, -0.2) is 47.6 Å². The van der Waals surface area contributed by atoms with Crippen LogP contribution in [0.4, 0.5) is 0 Å². The first-order chi connectivity index (χ1) is 15.5. The molecule has 1 saturated heterocycles. The van der Waals surface area contributed by atoms with Crippen LogP contribution in [0, 0.1) is 12.8 Å². The zero-order chi connectivity index (χ0) is 22.3. The number of nitrogens with one attached hydrogen (secondary N) is 1. The van der Waals surface area contributed by atoms with Crippen LogP contribution < -0.4 is 5.32 Å². The first kappa shape index (κ1) is 22.1. The summed E-state index contributed by atoms with van der Waals surface area (Å²) in [5, 5.41) is 3.21. The molecule has 0 radical (unpaired) electrons. The number of carbonyl (C=O) groups is 1. The summed E-state index contributed by atoms with van der Waals surface area (Å²) in [7, 11) is 0. The Morgan fingerprint density at radius 2 is 2.25 bits per heavy atom. The van der Waals surface area contributed by atoms with Gasteiger partial charge in [0, 0.05) is 59.3 Å². The molecule has 4 heterocycles. The number of hydrogen-bond acceptors (Lipinski definition) is 5. The van der Waals surface area contributed by atoms with Gasteiger partial charge in [-0.25, -0.2) is 0 Å². The SMILES string of the molecule is CCc1cc2c(s1)CCO[C@@]21CCN(C[C@H]2C[C@@H](NC(=O)c3ccncc3C)C2)[C@@H](C)C1. The highest BCUT2D eigenvalue weighted by Crippen LogP contribution is 2.46. The number of fused-ring (bicyclic) bond motifs is 2. The fourth-order valence-corrected chi connectivity index (χ4v) is 7.05. The Morgan fingerprint density at radius 3 is 3.00 bits per heavy atom. The molecule has 2 aliphatic heterocycles. The van der Waals surface area contributed by atoms with Crippen LogP contribution in [0.25, 0.3) is 0 Å². The highest BCUT2D eigenvalue weighted by atomic mass is 32.1. The molecule has 5 nitrogen and oxygen atoms in total. The number of pyridine rings is 1. The van der Waals surface area contributed by atoms with E-state index in [1.807, 2.05) is 24.3 Å². The minimum atomic E-state index is -0.0635. The van der Waals surface area contributed by atoms with Gasteiger partial charge in [0.25, 0.3) is 5.91 Å². The lowest BCUT2D eigenvalue weighted by molar-refractivity contribution is -0.114. The van der Waals surface area contributed by atoms with Crippen molar-refractivity contribution < 1.29 is 9.53 Å². The second-order valence-electron chi connectivity index (χ2n) is 9.99. The third-order valence-corrected chi connectivity index (χ3v) is 9.13. The van der Waals surface area contributed by atoms with E-state index in [0.29, 0.717) is 18.0 Å². The van der Waals surface area contributed by atoms with E-state index in [0.717, 1.165) is 69.3 Å². The van der Waals surface area contributed by atoms with E-state index >= 15 is 0 Å². The summed E-state index contributed by atoms with van der Waals surface area (Å²) >= 11 is 2.00. The summed E-state index contributed by atoms with van der Waals surface area (Å²) in [6, 6.07) is 5.06. The summed E-state index contributed by atoms with van der Waals surface area (Å²) in [6.45, 7) is 9.66. The van der Waals surface area contributed by atoms with E-state index in [1.165, 1.54) is 10.4 Å². The molecule has 2 atom stereocenters. The van der Waals surface area contributed by atoms with E-state index in [-0.39, 0.29) is 11.5 Å². The molecule has 1 amide bonds. The highest BCUT2D eigenvalue weighted by Gasteiger charge is 2.45. The maximum Gasteiger partial charge on any atom is 0.251 e. The van der Waals surface area contributed by atoms with Gasteiger partial charge in [-0.1, -0.05) is 6.92 Å². The third-order valence-electron chi connectivity index (χ3n) is 7.79. The Bertz CT molecular complexity index is 983. The van der Waals surface area contributed by atoms with Gasteiger partial charge in [0.2, 0.25) is 0 Å². The molecular weight excluding hydrogens is 418 g/mol. The summed E-state index contributed by atoms with van der Waals surface area (Å²) in [6.07, 6.45) is 9.98.